The third-order valence-corrected chi connectivity index (χ3v) is 4.47. The maximum absolute atomic E-state index is 12.4. The van der Waals surface area contributed by atoms with E-state index in [1.165, 1.54) is 11.3 Å². The van der Waals surface area contributed by atoms with E-state index in [1.54, 1.807) is 18.5 Å². The lowest BCUT2D eigenvalue weighted by atomic mass is 10.1. The Bertz CT molecular complexity index is 793. The molecule has 0 aliphatic carbocycles. The average Bonchev–Trinajstić information content (AvgIpc) is 3.07. The molecule has 0 fully saturated rings. The van der Waals surface area contributed by atoms with Gasteiger partial charge in [0.2, 0.25) is 0 Å². The average molecular weight is 301 g/mol. The van der Waals surface area contributed by atoms with Gasteiger partial charge >= 0.3 is 0 Å². The molecule has 1 unspecified atom stereocenters. The highest BCUT2D eigenvalue weighted by Crippen LogP contribution is 2.34. The summed E-state index contributed by atoms with van der Waals surface area (Å²) < 4.78 is 5.29. The van der Waals surface area contributed by atoms with Crippen molar-refractivity contribution in [2.45, 2.75) is 19.9 Å². The number of carbonyl (C=O) groups excluding carboxylic acids is 1. The molecule has 1 amide bonds. The summed E-state index contributed by atoms with van der Waals surface area (Å²) in [7, 11) is 0. The molecule has 0 saturated carbocycles. The second-order valence-corrected chi connectivity index (χ2v) is 5.86. The zero-order chi connectivity index (χ0) is 15.0. The van der Waals surface area contributed by atoms with Crippen LogP contribution in [0.3, 0.4) is 0 Å². The fourth-order valence-electron chi connectivity index (χ4n) is 2.24. The van der Waals surface area contributed by atoms with Crippen LogP contribution in [0.4, 0.5) is 5.69 Å². The lowest BCUT2D eigenvalue weighted by Crippen LogP contribution is -2.26. The largest absolute Gasteiger partial charge is 0.467 e. The lowest BCUT2D eigenvalue weighted by Gasteiger charge is -2.10. The Morgan fingerprint density at radius 3 is 2.95 bits per heavy atom. The number of rotatable bonds is 3. The van der Waals surface area contributed by atoms with Gasteiger partial charge in [0, 0.05) is 11.6 Å². The van der Waals surface area contributed by atoms with E-state index in [0.717, 1.165) is 15.8 Å². The van der Waals surface area contributed by atoms with Crippen LogP contribution in [0.1, 0.15) is 34.0 Å². The third kappa shape index (κ3) is 2.38. The van der Waals surface area contributed by atoms with Gasteiger partial charge in [-0.2, -0.15) is 0 Å². The van der Waals surface area contributed by atoms with Crippen molar-refractivity contribution in [1.82, 2.24) is 10.3 Å². The molecule has 1 atom stereocenters. The molecule has 0 radical (unpaired) electrons. The van der Waals surface area contributed by atoms with Crippen molar-refractivity contribution >= 4 is 33.1 Å². The van der Waals surface area contributed by atoms with Gasteiger partial charge in [-0.3, -0.25) is 4.79 Å². The van der Waals surface area contributed by atoms with E-state index in [1.807, 2.05) is 26.0 Å². The molecule has 3 rings (SSSR count). The lowest BCUT2D eigenvalue weighted by molar-refractivity contribution is 0.0940. The van der Waals surface area contributed by atoms with Crippen molar-refractivity contribution in [3.05, 3.63) is 46.9 Å². The minimum absolute atomic E-state index is 0.209. The number of hydrogen-bond acceptors (Lipinski definition) is 5. The van der Waals surface area contributed by atoms with E-state index in [9.17, 15) is 4.79 Å². The third-order valence-electron chi connectivity index (χ3n) is 3.36. The van der Waals surface area contributed by atoms with Crippen LogP contribution in [0.25, 0.3) is 10.2 Å². The number of amides is 1. The number of nitrogens with one attached hydrogen (secondary N) is 1. The summed E-state index contributed by atoms with van der Waals surface area (Å²) >= 11 is 1.31. The van der Waals surface area contributed by atoms with Crippen molar-refractivity contribution in [2.24, 2.45) is 0 Å². The second-order valence-electron chi connectivity index (χ2n) is 4.86. The van der Waals surface area contributed by atoms with Gasteiger partial charge < -0.3 is 15.5 Å². The highest BCUT2D eigenvalue weighted by atomic mass is 32.1. The Balaban J connectivity index is 1.92. The van der Waals surface area contributed by atoms with Gasteiger partial charge in [-0.1, -0.05) is 0 Å². The maximum atomic E-state index is 12.4. The minimum Gasteiger partial charge on any atom is -0.467 e. The molecule has 3 aromatic heterocycles. The summed E-state index contributed by atoms with van der Waals surface area (Å²) in [6, 6.07) is 5.29. The Kier molecular flexibility index (Phi) is 3.39. The molecule has 0 bridgehead atoms. The van der Waals surface area contributed by atoms with Crippen LogP contribution in [0, 0.1) is 6.92 Å². The Labute approximate surface area is 125 Å². The summed E-state index contributed by atoms with van der Waals surface area (Å²) in [5.74, 6) is 0.496. The number of furan rings is 1. The highest BCUT2D eigenvalue weighted by Gasteiger charge is 2.20. The van der Waals surface area contributed by atoms with Crippen LogP contribution in [-0.4, -0.2) is 10.9 Å². The fraction of sp³-hybridized carbons (Fsp3) is 0.200. The zero-order valence-corrected chi connectivity index (χ0v) is 12.5. The van der Waals surface area contributed by atoms with Crippen LogP contribution < -0.4 is 11.1 Å². The number of nitrogens with zero attached hydrogens (tertiary/aromatic N) is 1. The van der Waals surface area contributed by atoms with E-state index in [2.05, 4.69) is 10.3 Å². The van der Waals surface area contributed by atoms with Gasteiger partial charge in [-0.15, -0.1) is 11.3 Å². The molecule has 6 heteroatoms. The molecule has 3 aromatic rings. The molecule has 0 saturated heterocycles. The number of nitrogen functional groups attached to an aromatic ring is 1. The maximum Gasteiger partial charge on any atom is 0.264 e. The SMILES string of the molecule is Cc1ccnc2sc(C(=O)NC(C)c3ccco3)c(N)c12. The summed E-state index contributed by atoms with van der Waals surface area (Å²) in [5, 5.41) is 3.75. The molecule has 3 heterocycles. The number of anilines is 1. The number of nitrogens with two attached hydrogens (primary N) is 1. The van der Waals surface area contributed by atoms with Crippen LogP contribution >= 0.6 is 11.3 Å². The molecular formula is C15H15N3O2S. The standard InChI is InChI=1S/C15H15N3O2S/c1-8-5-6-17-15-11(8)12(16)13(21-15)14(19)18-9(2)10-4-3-7-20-10/h3-7,9H,16H2,1-2H3,(H,18,19). The molecule has 3 N–H and O–H groups in total. The van der Waals surface area contributed by atoms with Crippen LogP contribution in [-0.2, 0) is 0 Å². The van der Waals surface area contributed by atoms with Crippen molar-refractivity contribution in [3.8, 4) is 0 Å². The molecule has 0 aromatic carbocycles. The van der Waals surface area contributed by atoms with Gasteiger partial charge in [0.15, 0.2) is 0 Å². The van der Waals surface area contributed by atoms with Crippen molar-refractivity contribution < 1.29 is 9.21 Å². The molecule has 0 aliphatic rings. The van der Waals surface area contributed by atoms with E-state index in [0.29, 0.717) is 16.3 Å². The zero-order valence-electron chi connectivity index (χ0n) is 11.7. The summed E-state index contributed by atoms with van der Waals surface area (Å²) in [6.07, 6.45) is 3.31. The number of fused-ring (bicyclic) bond motifs is 1. The fourth-order valence-corrected chi connectivity index (χ4v) is 3.29. The number of aromatic nitrogens is 1. The van der Waals surface area contributed by atoms with Crippen molar-refractivity contribution in [3.63, 3.8) is 0 Å². The molecule has 5 nitrogen and oxygen atoms in total. The Morgan fingerprint density at radius 1 is 1.48 bits per heavy atom. The first-order valence-corrected chi connectivity index (χ1v) is 7.37. The van der Waals surface area contributed by atoms with Crippen LogP contribution in [0.2, 0.25) is 0 Å². The molecule has 0 aliphatic heterocycles. The van der Waals surface area contributed by atoms with Gasteiger partial charge in [0.05, 0.1) is 18.0 Å². The minimum atomic E-state index is -0.217. The Morgan fingerprint density at radius 2 is 2.29 bits per heavy atom. The number of aryl methyl sites for hydroxylation is 1. The van der Waals surface area contributed by atoms with Gasteiger partial charge in [0.1, 0.15) is 15.5 Å². The first-order chi connectivity index (χ1) is 10.1. The summed E-state index contributed by atoms with van der Waals surface area (Å²) in [4.78, 5) is 17.9. The van der Waals surface area contributed by atoms with Gasteiger partial charge in [-0.05, 0) is 37.6 Å². The number of thiophene rings is 1. The second kappa shape index (κ2) is 5.21. The molecule has 108 valence electrons. The van der Waals surface area contributed by atoms with Gasteiger partial charge in [0.25, 0.3) is 5.91 Å². The summed E-state index contributed by atoms with van der Waals surface area (Å²) in [5.41, 5.74) is 7.63. The molecule has 21 heavy (non-hydrogen) atoms. The predicted molar refractivity (Wildman–Crippen MR) is 83.4 cm³/mol. The first-order valence-electron chi connectivity index (χ1n) is 6.55. The number of pyridine rings is 1. The van der Waals surface area contributed by atoms with E-state index >= 15 is 0 Å². The highest BCUT2D eigenvalue weighted by molar-refractivity contribution is 7.21. The van der Waals surface area contributed by atoms with Crippen LogP contribution in [0.15, 0.2) is 35.1 Å². The van der Waals surface area contributed by atoms with E-state index in [4.69, 9.17) is 10.2 Å². The van der Waals surface area contributed by atoms with E-state index in [-0.39, 0.29) is 11.9 Å². The molecular weight excluding hydrogens is 286 g/mol. The Hall–Kier alpha value is -2.34. The number of carbonyl (C=O) groups is 1. The molecule has 0 spiro atoms. The first kappa shape index (κ1) is 13.6. The van der Waals surface area contributed by atoms with Crippen molar-refractivity contribution in [2.75, 3.05) is 5.73 Å². The predicted octanol–water partition coefficient (Wildman–Crippen LogP) is 3.27. The van der Waals surface area contributed by atoms with Crippen molar-refractivity contribution in [1.29, 1.82) is 0 Å². The normalized spacial score (nSPS) is 12.5. The van der Waals surface area contributed by atoms with Crippen LogP contribution in [0.5, 0.6) is 0 Å². The smallest absolute Gasteiger partial charge is 0.264 e. The monoisotopic (exact) mass is 301 g/mol. The van der Waals surface area contributed by atoms with Gasteiger partial charge in [-0.25, -0.2) is 4.98 Å². The summed E-state index contributed by atoms with van der Waals surface area (Å²) in [6.45, 7) is 3.82. The number of hydrogen-bond donors (Lipinski definition) is 2. The van der Waals surface area contributed by atoms with E-state index < -0.39 is 0 Å². The topological polar surface area (TPSA) is 81.2 Å². The quantitative estimate of drug-likeness (QED) is 0.778.